The molecule has 0 aliphatic carbocycles. The van der Waals surface area contributed by atoms with E-state index in [9.17, 15) is 5.11 Å². The van der Waals surface area contributed by atoms with E-state index in [0.717, 1.165) is 17.5 Å². The fourth-order valence-electron chi connectivity index (χ4n) is 1.90. The minimum Gasteiger partial charge on any atom is -0.508 e. The van der Waals surface area contributed by atoms with Crippen molar-refractivity contribution in [3.63, 3.8) is 0 Å². The highest BCUT2D eigenvalue weighted by Gasteiger charge is 2.01. The van der Waals surface area contributed by atoms with Crippen molar-refractivity contribution in [3.05, 3.63) is 53.6 Å². The third-order valence-electron chi connectivity index (χ3n) is 2.73. The Bertz CT molecular complexity index is 480. The van der Waals surface area contributed by atoms with Gasteiger partial charge in [0.25, 0.3) is 0 Å². The van der Waals surface area contributed by atoms with Gasteiger partial charge >= 0.3 is 0 Å². The topological polar surface area (TPSA) is 20.2 Å². The van der Waals surface area contributed by atoms with Crippen LogP contribution in [0, 0.1) is 6.92 Å². The van der Waals surface area contributed by atoms with E-state index >= 15 is 0 Å². The average molecular weight is 212 g/mol. The van der Waals surface area contributed by atoms with Gasteiger partial charge < -0.3 is 5.11 Å². The molecule has 0 amide bonds. The van der Waals surface area contributed by atoms with Crippen LogP contribution in [0.5, 0.6) is 5.75 Å². The highest BCUT2D eigenvalue weighted by molar-refractivity contribution is 5.66. The molecule has 0 fully saturated rings. The third kappa shape index (κ3) is 2.25. The zero-order chi connectivity index (χ0) is 11.5. The summed E-state index contributed by atoms with van der Waals surface area (Å²) in [4.78, 5) is 0. The van der Waals surface area contributed by atoms with E-state index in [1.54, 1.807) is 6.07 Å². The molecule has 16 heavy (non-hydrogen) atoms. The second-order valence-electron chi connectivity index (χ2n) is 4.11. The number of phenols is 1. The fraction of sp³-hybridized carbons (Fsp3) is 0.200. The molecular formula is C15H16O. The smallest absolute Gasteiger partial charge is 0.116 e. The summed E-state index contributed by atoms with van der Waals surface area (Å²) in [7, 11) is 0. The Morgan fingerprint density at radius 3 is 2.50 bits per heavy atom. The van der Waals surface area contributed by atoms with Gasteiger partial charge in [0.1, 0.15) is 5.75 Å². The molecule has 0 aromatic heterocycles. The van der Waals surface area contributed by atoms with Gasteiger partial charge in [-0.2, -0.15) is 0 Å². The standard InChI is InChI=1S/C15H16O/c1-3-12-5-4-6-13(9-12)14-7-11(2)8-15(16)10-14/h4-10,16H,3H2,1-2H3. The van der Waals surface area contributed by atoms with Crippen molar-refractivity contribution in [1.29, 1.82) is 0 Å². The van der Waals surface area contributed by atoms with E-state index in [2.05, 4.69) is 37.3 Å². The summed E-state index contributed by atoms with van der Waals surface area (Å²) in [5, 5.41) is 9.58. The number of hydrogen-bond acceptors (Lipinski definition) is 1. The average Bonchev–Trinajstić information content (AvgIpc) is 2.28. The van der Waals surface area contributed by atoms with E-state index in [1.807, 2.05) is 13.0 Å². The third-order valence-corrected chi connectivity index (χ3v) is 2.73. The summed E-state index contributed by atoms with van der Waals surface area (Å²) in [6.45, 7) is 4.14. The number of hydrogen-bond donors (Lipinski definition) is 1. The molecule has 0 atom stereocenters. The van der Waals surface area contributed by atoms with E-state index in [4.69, 9.17) is 0 Å². The van der Waals surface area contributed by atoms with Gasteiger partial charge in [-0.3, -0.25) is 0 Å². The minimum absolute atomic E-state index is 0.330. The van der Waals surface area contributed by atoms with Crippen LogP contribution >= 0.6 is 0 Å². The molecule has 0 aliphatic rings. The van der Waals surface area contributed by atoms with Crippen molar-refractivity contribution >= 4 is 0 Å². The van der Waals surface area contributed by atoms with Crippen LogP contribution in [0.4, 0.5) is 0 Å². The first-order valence-electron chi connectivity index (χ1n) is 5.59. The van der Waals surface area contributed by atoms with E-state index < -0.39 is 0 Å². The Kier molecular flexibility index (Phi) is 2.95. The van der Waals surface area contributed by atoms with Gasteiger partial charge in [-0.1, -0.05) is 37.3 Å². The van der Waals surface area contributed by atoms with Gasteiger partial charge in [0, 0.05) is 0 Å². The lowest BCUT2D eigenvalue weighted by atomic mass is 10.0. The Balaban J connectivity index is 2.49. The molecule has 1 nitrogen and oxygen atoms in total. The lowest BCUT2D eigenvalue weighted by molar-refractivity contribution is 0.475. The Morgan fingerprint density at radius 2 is 1.81 bits per heavy atom. The number of aryl methyl sites for hydroxylation is 2. The predicted molar refractivity (Wildman–Crippen MR) is 67.7 cm³/mol. The molecule has 0 bridgehead atoms. The molecule has 0 heterocycles. The number of rotatable bonds is 2. The van der Waals surface area contributed by atoms with Gasteiger partial charge in [-0.15, -0.1) is 0 Å². The summed E-state index contributed by atoms with van der Waals surface area (Å²) in [6.07, 6.45) is 1.03. The van der Waals surface area contributed by atoms with Crippen LogP contribution in [0.3, 0.4) is 0 Å². The first-order valence-corrected chi connectivity index (χ1v) is 5.59. The molecule has 2 aromatic carbocycles. The summed E-state index contributed by atoms with van der Waals surface area (Å²) in [5.41, 5.74) is 4.64. The Hall–Kier alpha value is -1.76. The van der Waals surface area contributed by atoms with Gasteiger partial charge in [0.15, 0.2) is 0 Å². The molecule has 82 valence electrons. The van der Waals surface area contributed by atoms with Gasteiger partial charge in [0.2, 0.25) is 0 Å². The maximum Gasteiger partial charge on any atom is 0.116 e. The predicted octanol–water partition coefficient (Wildman–Crippen LogP) is 3.93. The van der Waals surface area contributed by atoms with Crippen molar-refractivity contribution in [2.75, 3.05) is 0 Å². The molecule has 2 rings (SSSR count). The van der Waals surface area contributed by atoms with E-state index in [0.29, 0.717) is 5.75 Å². The van der Waals surface area contributed by atoms with Gasteiger partial charge in [0.05, 0.1) is 0 Å². The quantitative estimate of drug-likeness (QED) is 0.799. The fourth-order valence-corrected chi connectivity index (χ4v) is 1.90. The zero-order valence-electron chi connectivity index (χ0n) is 9.70. The van der Waals surface area contributed by atoms with Crippen molar-refractivity contribution in [1.82, 2.24) is 0 Å². The summed E-state index contributed by atoms with van der Waals surface area (Å²) in [5.74, 6) is 0.330. The Morgan fingerprint density at radius 1 is 1.00 bits per heavy atom. The highest BCUT2D eigenvalue weighted by atomic mass is 16.3. The van der Waals surface area contributed by atoms with Crippen molar-refractivity contribution in [2.24, 2.45) is 0 Å². The number of aromatic hydroxyl groups is 1. The molecule has 0 saturated heterocycles. The molecular weight excluding hydrogens is 196 g/mol. The number of benzene rings is 2. The molecule has 0 radical (unpaired) electrons. The SMILES string of the molecule is CCc1cccc(-c2cc(C)cc(O)c2)c1. The Labute approximate surface area is 96.4 Å². The zero-order valence-corrected chi connectivity index (χ0v) is 9.70. The van der Waals surface area contributed by atoms with Gasteiger partial charge in [-0.25, -0.2) is 0 Å². The first-order chi connectivity index (χ1) is 7.69. The summed E-state index contributed by atoms with van der Waals surface area (Å²) in [6, 6.07) is 14.1. The molecule has 2 aromatic rings. The lowest BCUT2D eigenvalue weighted by Crippen LogP contribution is -1.83. The minimum atomic E-state index is 0.330. The van der Waals surface area contributed by atoms with E-state index in [1.165, 1.54) is 11.1 Å². The lowest BCUT2D eigenvalue weighted by Gasteiger charge is -2.06. The van der Waals surface area contributed by atoms with Crippen molar-refractivity contribution in [3.8, 4) is 16.9 Å². The first kappa shape index (κ1) is 10.7. The van der Waals surface area contributed by atoms with Crippen LogP contribution in [-0.2, 0) is 6.42 Å². The monoisotopic (exact) mass is 212 g/mol. The van der Waals surface area contributed by atoms with Crippen molar-refractivity contribution in [2.45, 2.75) is 20.3 Å². The molecule has 1 N–H and O–H groups in total. The van der Waals surface area contributed by atoms with Crippen LogP contribution in [0.25, 0.3) is 11.1 Å². The van der Waals surface area contributed by atoms with Crippen LogP contribution in [0.1, 0.15) is 18.1 Å². The molecule has 0 unspecified atom stereocenters. The molecule has 1 heteroatoms. The van der Waals surface area contributed by atoms with Crippen molar-refractivity contribution < 1.29 is 5.11 Å². The maximum atomic E-state index is 9.58. The van der Waals surface area contributed by atoms with E-state index in [-0.39, 0.29) is 0 Å². The molecule has 0 saturated carbocycles. The maximum absolute atomic E-state index is 9.58. The number of phenolic OH excluding ortho intramolecular Hbond substituents is 1. The normalized spacial score (nSPS) is 10.4. The van der Waals surface area contributed by atoms with Crippen LogP contribution in [0.15, 0.2) is 42.5 Å². The second kappa shape index (κ2) is 4.40. The van der Waals surface area contributed by atoms with Crippen LogP contribution in [-0.4, -0.2) is 5.11 Å². The summed E-state index contributed by atoms with van der Waals surface area (Å²) >= 11 is 0. The van der Waals surface area contributed by atoms with Crippen LogP contribution in [0.2, 0.25) is 0 Å². The highest BCUT2D eigenvalue weighted by Crippen LogP contribution is 2.25. The van der Waals surface area contributed by atoms with Crippen LogP contribution < -0.4 is 0 Å². The molecule has 0 aliphatic heterocycles. The second-order valence-corrected chi connectivity index (χ2v) is 4.11. The largest absolute Gasteiger partial charge is 0.508 e. The summed E-state index contributed by atoms with van der Waals surface area (Å²) < 4.78 is 0. The molecule has 0 spiro atoms. The van der Waals surface area contributed by atoms with Gasteiger partial charge in [-0.05, 0) is 47.7 Å².